The third kappa shape index (κ3) is 5.64. The molecule has 0 bridgehead atoms. The van der Waals surface area contributed by atoms with Crippen LogP contribution in [0.3, 0.4) is 0 Å². The van der Waals surface area contributed by atoms with Crippen molar-refractivity contribution < 1.29 is 15.7 Å². The van der Waals surface area contributed by atoms with Crippen molar-refractivity contribution in [3.63, 3.8) is 0 Å². The van der Waals surface area contributed by atoms with Gasteiger partial charge in [0.2, 0.25) is 0 Å². The van der Waals surface area contributed by atoms with Gasteiger partial charge in [-0.2, -0.15) is 0 Å². The van der Waals surface area contributed by atoms with Crippen LogP contribution in [0.4, 0.5) is 0 Å². The zero-order valence-corrected chi connectivity index (χ0v) is 29.8. The fraction of sp³-hybridized carbons (Fsp3) is 0. The number of furan rings is 2. The van der Waals surface area contributed by atoms with Gasteiger partial charge in [0, 0.05) is 38.2 Å². The minimum absolute atomic E-state index is 0.0289. The van der Waals surface area contributed by atoms with Gasteiger partial charge in [0.25, 0.3) is 0 Å². The van der Waals surface area contributed by atoms with Crippen LogP contribution >= 0.6 is 0 Å². The van der Waals surface area contributed by atoms with Gasteiger partial charge in [-0.25, -0.2) is 9.97 Å². The summed E-state index contributed by atoms with van der Waals surface area (Å²) in [6.07, 6.45) is 0. The lowest BCUT2D eigenvalue weighted by atomic mass is 9.93. The van der Waals surface area contributed by atoms with E-state index in [1.165, 1.54) is 0 Å². The molecule has 0 aliphatic rings. The van der Waals surface area contributed by atoms with Crippen molar-refractivity contribution in [2.75, 3.05) is 0 Å². The van der Waals surface area contributed by atoms with Crippen LogP contribution in [0.15, 0.2) is 203 Å². The van der Waals surface area contributed by atoms with E-state index < -0.39 is 18.1 Å². The fourth-order valence-corrected chi connectivity index (χ4v) is 7.60. The maximum absolute atomic E-state index is 8.89. The lowest BCUT2D eigenvalue weighted by Crippen LogP contribution is -1.96. The normalized spacial score (nSPS) is 12.8. The molecule has 262 valence electrons. The second kappa shape index (κ2) is 13.1. The molecule has 8 aromatic carbocycles. The van der Waals surface area contributed by atoms with E-state index in [-0.39, 0.29) is 23.5 Å². The highest BCUT2D eigenvalue weighted by atomic mass is 16.3. The molecule has 3 aromatic heterocycles. The average Bonchev–Trinajstić information content (AvgIpc) is 3.88. The van der Waals surface area contributed by atoms with E-state index in [2.05, 4.69) is 66.7 Å². The Labute approximate surface area is 330 Å². The Morgan fingerprint density at radius 1 is 0.321 bits per heavy atom. The van der Waals surface area contributed by atoms with E-state index in [1.807, 2.05) is 97.1 Å². The van der Waals surface area contributed by atoms with Crippen molar-refractivity contribution >= 4 is 43.9 Å². The molecule has 11 aromatic rings. The molecule has 0 aliphatic heterocycles. The van der Waals surface area contributed by atoms with E-state index in [0.29, 0.717) is 11.4 Å². The van der Waals surface area contributed by atoms with E-state index in [4.69, 9.17) is 25.7 Å². The van der Waals surface area contributed by atoms with Gasteiger partial charge in [-0.1, -0.05) is 133 Å². The van der Waals surface area contributed by atoms with E-state index in [1.54, 1.807) is 0 Å². The summed E-state index contributed by atoms with van der Waals surface area (Å²) in [6, 6.07) is 52.6. The molecule has 0 N–H and O–H groups in total. The van der Waals surface area contributed by atoms with Crippen LogP contribution in [0.25, 0.3) is 111 Å². The first-order valence-corrected chi connectivity index (χ1v) is 18.4. The van der Waals surface area contributed by atoms with Crippen LogP contribution in [-0.2, 0) is 0 Å². The predicted octanol–water partition coefficient (Wildman–Crippen LogP) is 14.3. The first-order valence-electron chi connectivity index (χ1n) is 20.9. The lowest BCUT2D eigenvalue weighted by molar-refractivity contribution is 0.668. The summed E-state index contributed by atoms with van der Waals surface area (Å²) in [7, 11) is 0. The van der Waals surface area contributed by atoms with Gasteiger partial charge >= 0.3 is 0 Å². The topological polar surface area (TPSA) is 52.1 Å². The van der Waals surface area contributed by atoms with E-state index in [0.717, 1.165) is 88.4 Å². The molecule has 4 nitrogen and oxygen atoms in total. The molecule has 11 rings (SSSR count). The third-order valence-electron chi connectivity index (χ3n) is 10.4. The number of rotatable bonds is 6. The first kappa shape index (κ1) is 27.1. The quantitative estimate of drug-likeness (QED) is 0.172. The standard InChI is InChI=1S/C52H32N2O2/c1-3-11-33(12-4-1)34-19-21-35(22-20-34)46-32-47(54-52(53-46)36-13-5-2-6-14-36)41-28-39(37-23-25-50-44(30-37)42-15-7-9-17-48(42)55-50)27-40(29-41)38-24-26-51-45(31-38)43-16-8-10-18-49(43)56-51/h1-32H/i2D,5D,6D,13D,14D. The number of benzene rings is 8. The maximum Gasteiger partial charge on any atom is 0.160 e. The summed E-state index contributed by atoms with van der Waals surface area (Å²) in [5, 5.41) is 4.04. The molecule has 0 aliphatic carbocycles. The van der Waals surface area contributed by atoms with Gasteiger partial charge < -0.3 is 8.83 Å². The highest BCUT2D eigenvalue weighted by molar-refractivity contribution is 6.07. The zero-order chi connectivity index (χ0) is 41.4. The number of fused-ring (bicyclic) bond motifs is 6. The van der Waals surface area contributed by atoms with Crippen LogP contribution in [0.5, 0.6) is 0 Å². The van der Waals surface area contributed by atoms with Gasteiger partial charge in [0.05, 0.1) is 18.2 Å². The molecule has 0 spiro atoms. The molecule has 0 fully saturated rings. The maximum atomic E-state index is 8.89. The summed E-state index contributed by atoms with van der Waals surface area (Å²) in [5.41, 5.74) is 11.6. The van der Waals surface area contributed by atoms with Crippen LogP contribution < -0.4 is 0 Å². The Balaban J connectivity index is 1.15. The molecular formula is C52H32N2O2. The number of hydrogen-bond acceptors (Lipinski definition) is 4. The Morgan fingerprint density at radius 3 is 1.39 bits per heavy atom. The van der Waals surface area contributed by atoms with Crippen LogP contribution in [0, 0.1) is 0 Å². The molecule has 0 saturated heterocycles. The molecular weight excluding hydrogens is 685 g/mol. The van der Waals surface area contributed by atoms with E-state index in [9.17, 15) is 0 Å². The van der Waals surface area contributed by atoms with Crippen LogP contribution in [-0.4, -0.2) is 9.97 Å². The van der Waals surface area contributed by atoms with Gasteiger partial charge in [-0.05, 0) is 94.0 Å². The predicted molar refractivity (Wildman–Crippen MR) is 229 cm³/mol. The molecule has 3 heterocycles. The van der Waals surface area contributed by atoms with Crippen LogP contribution in [0.1, 0.15) is 6.85 Å². The smallest absolute Gasteiger partial charge is 0.160 e. The number of hydrogen-bond donors (Lipinski definition) is 0. The lowest BCUT2D eigenvalue weighted by Gasteiger charge is -2.14. The van der Waals surface area contributed by atoms with Gasteiger partial charge in [-0.15, -0.1) is 0 Å². The third-order valence-corrected chi connectivity index (χ3v) is 10.4. The fourth-order valence-electron chi connectivity index (χ4n) is 7.60. The summed E-state index contributed by atoms with van der Waals surface area (Å²) < 4.78 is 55.4. The largest absolute Gasteiger partial charge is 0.456 e. The summed E-state index contributed by atoms with van der Waals surface area (Å²) >= 11 is 0. The summed E-state index contributed by atoms with van der Waals surface area (Å²) in [6.45, 7) is 0. The Morgan fingerprint density at radius 2 is 0.786 bits per heavy atom. The minimum atomic E-state index is -0.478. The number of para-hydroxylation sites is 2. The SMILES string of the molecule is [2H]c1c([2H])c([2H])c(-c2nc(-c3ccc(-c4ccccc4)cc3)cc(-c3cc(-c4ccc5oc6ccccc6c5c4)cc(-c4ccc5oc6ccccc6c5c4)c3)n2)c([2H])c1[2H]. The van der Waals surface area contributed by atoms with Gasteiger partial charge in [-0.3, -0.25) is 0 Å². The number of nitrogens with zero attached hydrogens (tertiary/aromatic N) is 2. The van der Waals surface area contributed by atoms with E-state index >= 15 is 0 Å². The molecule has 0 unspecified atom stereocenters. The summed E-state index contributed by atoms with van der Waals surface area (Å²) in [4.78, 5) is 9.93. The molecule has 0 radical (unpaired) electrons. The average molecular weight is 722 g/mol. The molecule has 0 amide bonds. The Kier molecular flexibility index (Phi) is 6.33. The Bertz CT molecular complexity index is 3380. The van der Waals surface area contributed by atoms with Gasteiger partial charge in [0.15, 0.2) is 5.82 Å². The van der Waals surface area contributed by atoms with Crippen molar-refractivity contribution in [3.05, 3.63) is 194 Å². The Hall–Kier alpha value is -7.56. The van der Waals surface area contributed by atoms with Crippen molar-refractivity contribution in [2.45, 2.75) is 0 Å². The second-order valence-corrected chi connectivity index (χ2v) is 13.8. The molecule has 4 heteroatoms. The summed E-state index contributed by atoms with van der Waals surface area (Å²) in [5.74, 6) is 0.0289. The second-order valence-electron chi connectivity index (χ2n) is 13.8. The van der Waals surface area contributed by atoms with Crippen molar-refractivity contribution in [2.24, 2.45) is 0 Å². The zero-order valence-electron chi connectivity index (χ0n) is 34.8. The first-order chi connectivity index (χ1) is 29.8. The molecule has 0 atom stereocenters. The van der Waals surface area contributed by atoms with Gasteiger partial charge in [0.1, 0.15) is 22.3 Å². The molecule has 0 saturated carbocycles. The minimum Gasteiger partial charge on any atom is -0.456 e. The van der Waals surface area contributed by atoms with Crippen LogP contribution in [0.2, 0.25) is 0 Å². The van der Waals surface area contributed by atoms with Crippen molar-refractivity contribution in [1.82, 2.24) is 9.97 Å². The van der Waals surface area contributed by atoms with Crippen molar-refractivity contribution in [3.8, 4) is 67.3 Å². The monoisotopic (exact) mass is 721 g/mol. The highest BCUT2D eigenvalue weighted by Crippen LogP contribution is 2.39. The highest BCUT2D eigenvalue weighted by Gasteiger charge is 2.16. The molecule has 56 heavy (non-hydrogen) atoms. The number of aromatic nitrogens is 2. The van der Waals surface area contributed by atoms with Crippen molar-refractivity contribution in [1.29, 1.82) is 0 Å².